The van der Waals surface area contributed by atoms with E-state index in [-0.39, 0.29) is 48.6 Å². The number of para-hydroxylation sites is 1. The Kier molecular flexibility index (Phi) is 14.3. The number of amides is 5. The molecule has 3 heterocycles. The van der Waals surface area contributed by atoms with Crippen molar-refractivity contribution in [2.45, 2.75) is 83.0 Å². The molecule has 2 aromatic carbocycles. The van der Waals surface area contributed by atoms with Crippen LogP contribution in [0, 0.1) is 0 Å². The fourth-order valence-corrected chi connectivity index (χ4v) is 7.09. The molecule has 3 aliphatic rings. The van der Waals surface area contributed by atoms with Crippen molar-refractivity contribution < 1.29 is 38.2 Å². The van der Waals surface area contributed by atoms with E-state index < -0.39 is 24.1 Å². The van der Waals surface area contributed by atoms with Crippen LogP contribution in [-0.2, 0) is 30.5 Å². The number of hydrogen-bond acceptors (Lipinski definition) is 9. The standard InChI is InChI=1S/C41H53N7O8/c1-2-55-41(53)46-24-22-45(23-25-46)40(52)33(19-9-10-26-54-28-30-13-5-3-6-14-30)43-38(50)34-27-37(48(44-34)32-17-7-4-8-18-32)56-29-36(49)47-21-12-20-35(47)39(51)42-31-15-11-16-31/h3-8,13-14,17-18,27,31,33,35H,2,9-12,15-16,19-26,28-29H2,1H3,(H,42,51)(H,43,50)/t33-,35-/m0/s1. The van der Waals surface area contributed by atoms with Gasteiger partial charge in [-0.25, -0.2) is 9.48 Å². The summed E-state index contributed by atoms with van der Waals surface area (Å²) >= 11 is 0. The fourth-order valence-electron chi connectivity index (χ4n) is 7.09. The first-order valence-corrected chi connectivity index (χ1v) is 19.8. The van der Waals surface area contributed by atoms with Crippen LogP contribution in [0.1, 0.15) is 74.3 Å². The molecule has 3 fully saturated rings. The van der Waals surface area contributed by atoms with E-state index in [0.29, 0.717) is 77.3 Å². The number of piperazine rings is 1. The SMILES string of the molecule is CCOC(=O)N1CCN(C(=O)[C@H](CCCCOCc2ccccc2)NC(=O)c2cc(OCC(=O)N3CCC[C@H]3C(=O)NC3CCC3)n(-c3ccccc3)n2)CC1. The van der Waals surface area contributed by atoms with Gasteiger partial charge in [-0.05, 0) is 76.0 Å². The number of likely N-dealkylation sites (tertiary alicyclic amines) is 1. The summed E-state index contributed by atoms with van der Waals surface area (Å²) in [5.74, 6) is -1.12. The van der Waals surface area contributed by atoms with E-state index >= 15 is 0 Å². The molecule has 0 unspecified atom stereocenters. The highest BCUT2D eigenvalue weighted by Gasteiger charge is 2.36. The minimum Gasteiger partial charge on any atom is -0.467 e. The summed E-state index contributed by atoms with van der Waals surface area (Å²) in [4.78, 5) is 71.3. The monoisotopic (exact) mass is 771 g/mol. The van der Waals surface area contributed by atoms with Crippen LogP contribution in [0.3, 0.4) is 0 Å². The number of hydrogen-bond donors (Lipinski definition) is 2. The summed E-state index contributed by atoms with van der Waals surface area (Å²) in [6, 6.07) is 19.2. The van der Waals surface area contributed by atoms with E-state index in [1.54, 1.807) is 33.8 Å². The Bertz CT molecular complexity index is 1780. The molecule has 2 atom stereocenters. The van der Waals surface area contributed by atoms with Gasteiger partial charge in [0.1, 0.15) is 12.1 Å². The van der Waals surface area contributed by atoms with Crippen molar-refractivity contribution in [3.8, 4) is 11.6 Å². The number of ether oxygens (including phenoxy) is 3. The molecular weight excluding hydrogens is 718 g/mol. The summed E-state index contributed by atoms with van der Waals surface area (Å²) in [7, 11) is 0. The lowest BCUT2D eigenvalue weighted by atomic mass is 9.93. The molecule has 2 N–H and O–H groups in total. The first kappa shape index (κ1) is 40.2. The van der Waals surface area contributed by atoms with Gasteiger partial charge in [0.2, 0.25) is 17.7 Å². The van der Waals surface area contributed by atoms with E-state index in [1.807, 2.05) is 48.5 Å². The van der Waals surface area contributed by atoms with Crippen LogP contribution in [0.2, 0.25) is 0 Å². The Morgan fingerprint density at radius 3 is 2.27 bits per heavy atom. The van der Waals surface area contributed by atoms with Gasteiger partial charge < -0.3 is 39.5 Å². The van der Waals surface area contributed by atoms with Gasteiger partial charge in [0, 0.05) is 51.4 Å². The molecule has 15 nitrogen and oxygen atoms in total. The second kappa shape index (κ2) is 19.9. The normalized spacial score (nSPS) is 17.5. The average Bonchev–Trinajstić information content (AvgIpc) is 3.88. The highest BCUT2D eigenvalue weighted by molar-refractivity contribution is 5.96. The fraction of sp³-hybridized carbons (Fsp3) is 0.512. The largest absolute Gasteiger partial charge is 0.467 e. The smallest absolute Gasteiger partial charge is 0.409 e. The molecule has 1 saturated carbocycles. The first-order chi connectivity index (χ1) is 27.3. The lowest BCUT2D eigenvalue weighted by molar-refractivity contribution is -0.140. The highest BCUT2D eigenvalue weighted by atomic mass is 16.6. The van der Waals surface area contributed by atoms with Crippen molar-refractivity contribution in [1.82, 2.24) is 35.1 Å². The summed E-state index contributed by atoms with van der Waals surface area (Å²) < 4.78 is 18.5. The quantitative estimate of drug-likeness (QED) is 0.195. The number of nitrogens with one attached hydrogen (secondary N) is 2. The van der Waals surface area contributed by atoms with Gasteiger partial charge in [-0.2, -0.15) is 5.10 Å². The van der Waals surface area contributed by atoms with Crippen LogP contribution in [0.4, 0.5) is 4.79 Å². The Balaban J connectivity index is 1.11. The molecule has 1 aromatic heterocycles. The summed E-state index contributed by atoms with van der Waals surface area (Å²) in [5, 5.41) is 10.5. The molecule has 15 heteroatoms. The Hall–Kier alpha value is -5.44. The molecule has 3 aromatic rings. The van der Waals surface area contributed by atoms with Crippen molar-refractivity contribution in [2.75, 3.05) is 52.5 Å². The zero-order chi connectivity index (χ0) is 39.3. The van der Waals surface area contributed by atoms with Gasteiger partial charge in [0.05, 0.1) is 18.9 Å². The average molecular weight is 772 g/mol. The van der Waals surface area contributed by atoms with Crippen molar-refractivity contribution in [2.24, 2.45) is 0 Å². The minimum absolute atomic E-state index is 0.00588. The van der Waals surface area contributed by atoms with Crippen LogP contribution in [0.5, 0.6) is 5.88 Å². The molecule has 0 spiro atoms. The Morgan fingerprint density at radius 2 is 1.57 bits per heavy atom. The van der Waals surface area contributed by atoms with Crippen molar-refractivity contribution in [3.63, 3.8) is 0 Å². The predicted molar refractivity (Wildman–Crippen MR) is 206 cm³/mol. The van der Waals surface area contributed by atoms with E-state index in [2.05, 4.69) is 15.7 Å². The number of aromatic nitrogens is 2. The van der Waals surface area contributed by atoms with Crippen LogP contribution in [0.25, 0.3) is 5.69 Å². The maximum atomic E-state index is 13.9. The molecule has 300 valence electrons. The molecular formula is C41H53N7O8. The molecule has 0 bridgehead atoms. The van der Waals surface area contributed by atoms with Crippen LogP contribution >= 0.6 is 0 Å². The van der Waals surface area contributed by atoms with Gasteiger partial charge in [0.25, 0.3) is 11.8 Å². The Morgan fingerprint density at radius 1 is 0.857 bits per heavy atom. The van der Waals surface area contributed by atoms with Crippen molar-refractivity contribution >= 4 is 29.7 Å². The van der Waals surface area contributed by atoms with Crippen molar-refractivity contribution in [3.05, 3.63) is 78.0 Å². The lowest BCUT2D eigenvalue weighted by Crippen LogP contribution is -2.56. The third kappa shape index (κ3) is 10.6. The van der Waals surface area contributed by atoms with Gasteiger partial charge >= 0.3 is 6.09 Å². The van der Waals surface area contributed by atoms with Gasteiger partial charge in [-0.15, -0.1) is 0 Å². The summed E-state index contributed by atoms with van der Waals surface area (Å²) in [5.41, 5.74) is 1.69. The third-order valence-corrected chi connectivity index (χ3v) is 10.4. The number of carbonyl (C=O) groups is 5. The van der Waals surface area contributed by atoms with E-state index in [1.165, 1.54) is 10.7 Å². The maximum absolute atomic E-state index is 13.9. The van der Waals surface area contributed by atoms with Crippen LogP contribution in [0.15, 0.2) is 66.7 Å². The third-order valence-electron chi connectivity index (χ3n) is 10.4. The van der Waals surface area contributed by atoms with Gasteiger partial charge in [-0.3, -0.25) is 19.2 Å². The number of carbonyl (C=O) groups excluding carboxylic acids is 5. The second-order valence-corrected chi connectivity index (χ2v) is 14.4. The number of benzene rings is 2. The summed E-state index contributed by atoms with van der Waals surface area (Å²) in [6.07, 6.45) is 5.57. The maximum Gasteiger partial charge on any atom is 0.409 e. The molecule has 1 aliphatic carbocycles. The van der Waals surface area contributed by atoms with E-state index in [0.717, 1.165) is 31.2 Å². The van der Waals surface area contributed by atoms with E-state index in [9.17, 15) is 24.0 Å². The molecule has 0 radical (unpaired) electrons. The van der Waals surface area contributed by atoms with Crippen LogP contribution in [-0.4, -0.2) is 125 Å². The molecule has 6 rings (SSSR count). The zero-order valence-electron chi connectivity index (χ0n) is 32.1. The minimum atomic E-state index is -0.864. The molecule has 2 saturated heterocycles. The number of rotatable bonds is 17. The topological polar surface area (TPSA) is 165 Å². The molecule has 56 heavy (non-hydrogen) atoms. The number of unbranched alkanes of at least 4 members (excludes halogenated alkanes) is 1. The van der Waals surface area contributed by atoms with Gasteiger partial charge in [-0.1, -0.05) is 48.5 Å². The lowest BCUT2D eigenvalue weighted by Gasteiger charge is -2.36. The second-order valence-electron chi connectivity index (χ2n) is 14.4. The highest BCUT2D eigenvalue weighted by Crippen LogP contribution is 2.24. The Labute approximate surface area is 327 Å². The predicted octanol–water partition coefficient (Wildman–Crippen LogP) is 3.70. The zero-order valence-corrected chi connectivity index (χ0v) is 32.1. The number of nitrogens with zero attached hydrogens (tertiary/aromatic N) is 5. The van der Waals surface area contributed by atoms with Gasteiger partial charge in [0.15, 0.2) is 12.3 Å². The molecule has 5 amide bonds. The molecule has 2 aliphatic heterocycles. The van der Waals surface area contributed by atoms with E-state index in [4.69, 9.17) is 14.2 Å². The first-order valence-electron chi connectivity index (χ1n) is 19.8. The van der Waals surface area contributed by atoms with Crippen LogP contribution < -0.4 is 15.4 Å². The van der Waals surface area contributed by atoms with Crippen molar-refractivity contribution in [1.29, 1.82) is 0 Å². The summed E-state index contributed by atoms with van der Waals surface area (Å²) in [6.45, 7) is 4.36.